The monoisotopic (exact) mass is 298 g/mol. The molecule has 0 aliphatic heterocycles. The molecule has 1 aromatic rings. The first-order chi connectivity index (χ1) is 8.69. The van der Waals surface area contributed by atoms with Crippen molar-refractivity contribution < 1.29 is 27.6 Å². The van der Waals surface area contributed by atoms with Crippen molar-refractivity contribution in [1.29, 1.82) is 0 Å². The van der Waals surface area contributed by atoms with E-state index in [9.17, 15) is 28.1 Å². The molecule has 10 heteroatoms. The highest BCUT2D eigenvalue weighted by Gasteiger charge is 2.29. The van der Waals surface area contributed by atoms with Crippen molar-refractivity contribution in [3.05, 3.63) is 33.3 Å². The standard InChI is InChI=1S/C9H6ClF3N2O4/c10-6-2-1-5(3-7(6)15(17)18)14-8(16)19-4-9(11,12)13/h1-3H,4H2,(H,14,16). The molecule has 0 spiro atoms. The molecule has 19 heavy (non-hydrogen) atoms. The number of benzene rings is 1. The topological polar surface area (TPSA) is 81.5 Å². The Bertz CT molecular complexity index is 507. The number of alkyl halides is 3. The number of amides is 1. The average Bonchev–Trinajstić information content (AvgIpc) is 2.28. The second-order valence-corrected chi connectivity index (χ2v) is 3.65. The summed E-state index contributed by atoms with van der Waals surface area (Å²) in [5.74, 6) is 0. The summed E-state index contributed by atoms with van der Waals surface area (Å²) in [6, 6.07) is 3.21. The van der Waals surface area contributed by atoms with E-state index in [-0.39, 0.29) is 10.7 Å². The van der Waals surface area contributed by atoms with E-state index < -0.39 is 29.5 Å². The van der Waals surface area contributed by atoms with Crippen LogP contribution in [0.25, 0.3) is 0 Å². The summed E-state index contributed by atoms with van der Waals surface area (Å²) in [6.45, 7) is -1.76. The third-order valence-electron chi connectivity index (χ3n) is 1.76. The minimum absolute atomic E-state index is 0.108. The third kappa shape index (κ3) is 5.00. The average molecular weight is 299 g/mol. The van der Waals surface area contributed by atoms with E-state index in [1.54, 1.807) is 0 Å². The van der Waals surface area contributed by atoms with Crippen LogP contribution in [0.4, 0.5) is 29.3 Å². The zero-order valence-electron chi connectivity index (χ0n) is 9.03. The molecule has 0 aliphatic rings. The lowest BCUT2D eigenvalue weighted by Crippen LogP contribution is -2.23. The van der Waals surface area contributed by atoms with Gasteiger partial charge in [0.05, 0.1) is 10.6 Å². The first-order valence-corrected chi connectivity index (χ1v) is 5.01. The summed E-state index contributed by atoms with van der Waals surface area (Å²) in [6.07, 6.45) is -6.03. The number of hydrogen-bond acceptors (Lipinski definition) is 4. The molecule has 0 fully saturated rings. The van der Waals surface area contributed by atoms with Crippen molar-refractivity contribution in [1.82, 2.24) is 0 Å². The highest BCUT2D eigenvalue weighted by atomic mass is 35.5. The SMILES string of the molecule is O=C(Nc1ccc(Cl)c([N+](=O)[O-])c1)OCC(F)(F)F. The Balaban J connectivity index is 2.70. The minimum atomic E-state index is -4.65. The van der Waals surface area contributed by atoms with Crippen LogP contribution in [0.5, 0.6) is 0 Å². The lowest BCUT2D eigenvalue weighted by atomic mass is 10.3. The van der Waals surface area contributed by atoms with Gasteiger partial charge in [0, 0.05) is 6.07 Å². The van der Waals surface area contributed by atoms with E-state index in [1.807, 2.05) is 5.32 Å². The molecule has 0 atom stereocenters. The Morgan fingerprint density at radius 2 is 2.11 bits per heavy atom. The van der Waals surface area contributed by atoms with Crippen LogP contribution >= 0.6 is 11.6 Å². The number of carbonyl (C=O) groups is 1. The maximum Gasteiger partial charge on any atom is 0.422 e. The smallest absolute Gasteiger partial charge is 0.422 e. The maximum absolute atomic E-state index is 11.8. The second kappa shape index (κ2) is 5.74. The van der Waals surface area contributed by atoms with Crippen molar-refractivity contribution in [3.8, 4) is 0 Å². The van der Waals surface area contributed by atoms with E-state index in [0.717, 1.165) is 12.1 Å². The summed E-state index contributed by atoms with van der Waals surface area (Å²) < 4.78 is 39.2. The fourth-order valence-corrected chi connectivity index (χ4v) is 1.22. The predicted octanol–water partition coefficient (Wildman–Crippen LogP) is 3.36. The number of nitro groups is 1. The number of hydrogen-bond donors (Lipinski definition) is 1. The van der Waals surface area contributed by atoms with Crippen molar-refractivity contribution in [2.75, 3.05) is 11.9 Å². The van der Waals surface area contributed by atoms with Crippen LogP contribution in [0, 0.1) is 10.1 Å². The molecule has 0 aromatic heterocycles. The van der Waals surface area contributed by atoms with Gasteiger partial charge in [-0.1, -0.05) is 11.6 Å². The molecule has 1 rings (SSSR count). The van der Waals surface area contributed by atoms with Gasteiger partial charge in [-0.05, 0) is 12.1 Å². The van der Waals surface area contributed by atoms with Gasteiger partial charge in [-0.25, -0.2) is 4.79 Å². The van der Waals surface area contributed by atoms with Gasteiger partial charge in [0.25, 0.3) is 5.69 Å². The molecule has 0 aliphatic carbocycles. The second-order valence-electron chi connectivity index (χ2n) is 3.24. The van der Waals surface area contributed by atoms with Crippen LogP contribution in [0.2, 0.25) is 5.02 Å². The molecule has 0 bridgehead atoms. The van der Waals surface area contributed by atoms with E-state index in [1.165, 1.54) is 6.07 Å². The van der Waals surface area contributed by atoms with Gasteiger partial charge in [-0.3, -0.25) is 15.4 Å². The first kappa shape index (κ1) is 15.0. The van der Waals surface area contributed by atoms with Crippen LogP contribution in [0.1, 0.15) is 0 Å². The molecule has 0 heterocycles. The minimum Gasteiger partial charge on any atom is -0.440 e. The van der Waals surface area contributed by atoms with Crippen molar-refractivity contribution in [3.63, 3.8) is 0 Å². The van der Waals surface area contributed by atoms with E-state index in [2.05, 4.69) is 4.74 Å². The zero-order valence-corrected chi connectivity index (χ0v) is 9.79. The van der Waals surface area contributed by atoms with Crippen molar-refractivity contribution >= 4 is 29.1 Å². The number of nitrogens with one attached hydrogen (secondary N) is 1. The number of rotatable bonds is 3. The number of nitro benzene ring substituents is 1. The quantitative estimate of drug-likeness (QED) is 0.685. The summed E-state index contributed by atoms with van der Waals surface area (Å²) in [7, 11) is 0. The number of anilines is 1. The molecular weight excluding hydrogens is 293 g/mol. The number of halogens is 4. The summed E-state index contributed by atoms with van der Waals surface area (Å²) in [4.78, 5) is 20.7. The molecule has 0 saturated heterocycles. The van der Waals surface area contributed by atoms with Crippen molar-refractivity contribution in [2.24, 2.45) is 0 Å². The highest BCUT2D eigenvalue weighted by Crippen LogP contribution is 2.27. The predicted molar refractivity (Wildman–Crippen MR) is 59.1 cm³/mol. The van der Waals surface area contributed by atoms with E-state index in [0.29, 0.717) is 0 Å². The lowest BCUT2D eigenvalue weighted by molar-refractivity contribution is -0.384. The Morgan fingerprint density at radius 1 is 1.47 bits per heavy atom. The van der Waals surface area contributed by atoms with Gasteiger partial charge >= 0.3 is 12.3 Å². The third-order valence-corrected chi connectivity index (χ3v) is 2.08. The van der Waals surface area contributed by atoms with Crippen LogP contribution in [-0.4, -0.2) is 23.8 Å². The van der Waals surface area contributed by atoms with E-state index >= 15 is 0 Å². The highest BCUT2D eigenvalue weighted by molar-refractivity contribution is 6.32. The van der Waals surface area contributed by atoms with Crippen LogP contribution in [-0.2, 0) is 4.74 Å². The van der Waals surface area contributed by atoms with Gasteiger partial charge in [-0.15, -0.1) is 0 Å². The molecule has 0 unspecified atom stereocenters. The van der Waals surface area contributed by atoms with Gasteiger partial charge in [-0.2, -0.15) is 13.2 Å². The molecule has 6 nitrogen and oxygen atoms in total. The molecule has 1 N–H and O–H groups in total. The van der Waals surface area contributed by atoms with Gasteiger partial charge < -0.3 is 4.74 Å². The lowest BCUT2D eigenvalue weighted by Gasteiger charge is -2.09. The van der Waals surface area contributed by atoms with Gasteiger partial charge in [0.15, 0.2) is 6.61 Å². The number of carbonyl (C=O) groups excluding carboxylic acids is 1. The molecule has 0 saturated carbocycles. The first-order valence-electron chi connectivity index (χ1n) is 4.63. The molecule has 104 valence electrons. The molecule has 0 radical (unpaired) electrons. The van der Waals surface area contributed by atoms with E-state index in [4.69, 9.17) is 11.6 Å². The Hall–Kier alpha value is -2.03. The molecule has 1 aromatic carbocycles. The number of nitrogens with zero attached hydrogens (tertiary/aromatic N) is 1. The van der Waals surface area contributed by atoms with Crippen LogP contribution in [0.15, 0.2) is 18.2 Å². The van der Waals surface area contributed by atoms with Crippen LogP contribution in [0.3, 0.4) is 0 Å². The van der Waals surface area contributed by atoms with Crippen molar-refractivity contribution in [2.45, 2.75) is 6.18 Å². The Kier molecular flexibility index (Phi) is 4.54. The summed E-state index contributed by atoms with van der Waals surface area (Å²) >= 11 is 5.51. The number of ether oxygens (including phenoxy) is 1. The fourth-order valence-electron chi connectivity index (χ4n) is 1.03. The molecule has 1 amide bonds. The van der Waals surface area contributed by atoms with Crippen LogP contribution < -0.4 is 5.32 Å². The van der Waals surface area contributed by atoms with Gasteiger partial charge in [0.2, 0.25) is 0 Å². The largest absolute Gasteiger partial charge is 0.440 e. The normalized spacial score (nSPS) is 10.9. The van der Waals surface area contributed by atoms with Gasteiger partial charge in [0.1, 0.15) is 5.02 Å². The Labute approximate surface area is 109 Å². The summed E-state index contributed by atoms with van der Waals surface area (Å²) in [5, 5.41) is 12.3. The molecular formula is C9H6ClF3N2O4. The zero-order chi connectivity index (χ0) is 14.6. The Morgan fingerprint density at radius 3 is 2.63 bits per heavy atom. The maximum atomic E-state index is 11.8. The summed E-state index contributed by atoms with van der Waals surface area (Å²) in [5.41, 5.74) is -0.599. The fraction of sp³-hybridized carbons (Fsp3) is 0.222.